The summed E-state index contributed by atoms with van der Waals surface area (Å²) in [4.78, 5) is 11.5. The predicted octanol–water partition coefficient (Wildman–Crippen LogP) is -0.908. The van der Waals surface area contributed by atoms with Crippen LogP contribution in [0.1, 0.15) is 6.42 Å². The lowest BCUT2D eigenvalue weighted by Crippen LogP contribution is -2.61. The Kier molecular flexibility index (Phi) is 2.31. The fraction of sp³-hybridized carbons (Fsp3) is 0.833. The summed E-state index contributed by atoms with van der Waals surface area (Å²) in [6.07, 6.45) is -0.520. The lowest BCUT2D eigenvalue weighted by molar-refractivity contribution is -0.0254. The van der Waals surface area contributed by atoms with Crippen molar-refractivity contribution in [2.24, 2.45) is 0 Å². The second kappa shape index (κ2) is 3.06. The summed E-state index contributed by atoms with van der Waals surface area (Å²) in [6.45, 7) is -0.328. The van der Waals surface area contributed by atoms with Crippen LogP contribution in [-0.2, 0) is 0 Å². The van der Waals surface area contributed by atoms with E-state index in [1.54, 1.807) is 0 Å². The van der Waals surface area contributed by atoms with Crippen molar-refractivity contribution >= 4 is 6.09 Å². The van der Waals surface area contributed by atoms with Crippen molar-refractivity contribution in [1.82, 2.24) is 4.90 Å². The van der Waals surface area contributed by atoms with Crippen LogP contribution in [0.2, 0.25) is 0 Å². The molecule has 5 heteroatoms. The molecule has 3 N–H and O–H groups in total. The topological polar surface area (TPSA) is 81.0 Å². The van der Waals surface area contributed by atoms with Crippen LogP contribution < -0.4 is 0 Å². The van der Waals surface area contributed by atoms with Crippen molar-refractivity contribution in [3.05, 3.63) is 0 Å². The van der Waals surface area contributed by atoms with E-state index in [-0.39, 0.29) is 25.3 Å². The molecule has 2 atom stereocenters. The quantitative estimate of drug-likeness (QED) is 0.490. The van der Waals surface area contributed by atoms with Crippen LogP contribution in [0, 0.1) is 0 Å². The Morgan fingerprint density at radius 2 is 1.82 bits per heavy atom. The predicted molar refractivity (Wildman–Crippen MR) is 36.2 cm³/mol. The molecule has 1 saturated heterocycles. The van der Waals surface area contributed by atoms with E-state index in [1.165, 1.54) is 0 Å². The fourth-order valence-electron chi connectivity index (χ4n) is 1.34. The van der Waals surface area contributed by atoms with Gasteiger partial charge in [0.15, 0.2) is 0 Å². The molecule has 1 rings (SSSR count). The van der Waals surface area contributed by atoms with Crippen LogP contribution in [0.3, 0.4) is 0 Å². The van der Waals surface area contributed by atoms with E-state index < -0.39 is 6.09 Å². The average Bonchev–Trinajstić information content (AvgIpc) is 1.86. The molecule has 11 heavy (non-hydrogen) atoms. The first-order valence-electron chi connectivity index (χ1n) is 3.43. The number of rotatable bonds is 2. The molecule has 1 heterocycles. The molecule has 64 valence electrons. The van der Waals surface area contributed by atoms with Gasteiger partial charge in [-0.1, -0.05) is 0 Å². The van der Waals surface area contributed by atoms with Crippen molar-refractivity contribution in [2.75, 3.05) is 13.2 Å². The molecule has 0 aromatic carbocycles. The number of likely N-dealkylation sites (tertiary alicyclic amines) is 1. The van der Waals surface area contributed by atoms with Crippen LogP contribution in [0.5, 0.6) is 0 Å². The van der Waals surface area contributed by atoms with Gasteiger partial charge in [-0.25, -0.2) is 4.79 Å². The minimum atomic E-state index is -1.07. The second-order valence-corrected chi connectivity index (χ2v) is 2.60. The normalized spacial score (nSPS) is 29.8. The molecule has 0 saturated carbocycles. The molecule has 0 aromatic rings. The standard InChI is InChI=1S/C6H11NO4/c8-2-4-1-5(3-9)7(4)6(10)11/h4-5,8-9H,1-3H2,(H,10,11). The highest BCUT2D eigenvalue weighted by atomic mass is 16.4. The van der Waals surface area contributed by atoms with Crippen LogP contribution in [0.25, 0.3) is 0 Å². The number of nitrogens with zero attached hydrogens (tertiary/aromatic N) is 1. The number of carboxylic acid groups (broad SMARTS) is 1. The Morgan fingerprint density at radius 1 is 1.36 bits per heavy atom. The largest absolute Gasteiger partial charge is 0.465 e. The zero-order valence-electron chi connectivity index (χ0n) is 5.97. The van der Waals surface area contributed by atoms with Gasteiger partial charge in [0.25, 0.3) is 0 Å². The molecule has 0 radical (unpaired) electrons. The van der Waals surface area contributed by atoms with Gasteiger partial charge in [0, 0.05) is 0 Å². The van der Waals surface area contributed by atoms with Crippen molar-refractivity contribution in [3.63, 3.8) is 0 Å². The van der Waals surface area contributed by atoms with Gasteiger partial charge in [-0.2, -0.15) is 0 Å². The first-order valence-corrected chi connectivity index (χ1v) is 3.43. The molecule has 1 amide bonds. The third-order valence-electron chi connectivity index (χ3n) is 1.97. The maximum absolute atomic E-state index is 10.4. The van der Waals surface area contributed by atoms with E-state index in [2.05, 4.69) is 0 Å². The van der Waals surface area contributed by atoms with Gasteiger partial charge in [-0.15, -0.1) is 0 Å². The van der Waals surface area contributed by atoms with Crippen LogP contribution in [-0.4, -0.2) is 51.6 Å². The highest BCUT2D eigenvalue weighted by Crippen LogP contribution is 2.24. The number of aliphatic hydroxyl groups excluding tert-OH is 2. The maximum Gasteiger partial charge on any atom is 0.407 e. The van der Waals surface area contributed by atoms with Gasteiger partial charge in [-0.05, 0) is 6.42 Å². The monoisotopic (exact) mass is 161 g/mol. The molecular weight excluding hydrogens is 150 g/mol. The molecule has 1 aliphatic rings. The lowest BCUT2D eigenvalue weighted by Gasteiger charge is -2.44. The molecule has 0 bridgehead atoms. The van der Waals surface area contributed by atoms with Crippen LogP contribution in [0.4, 0.5) is 4.79 Å². The molecule has 1 aliphatic heterocycles. The molecule has 2 unspecified atom stereocenters. The summed E-state index contributed by atoms with van der Waals surface area (Å²) in [6, 6.07) is -0.630. The fourth-order valence-corrected chi connectivity index (χ4v) is 1.34. The molecular formula is C6H11NO4. The molecule has 5 nitrogen and oxygen atoms in total. The molecule has 0 aromatic heterocycles. The Bertz CT molecular complexity index is 151. The number of amides is 1. The Hall–Kier alpha value is -0.810. The van der Waals surface area contributed by atoms with E-state index in [0.717, 1.165) is 4.90 Å². The van der Waals surface area contributed by atoms with Crippen molar-refractivity contribution in [2.45, 2.75) is 18.5 Å². The van der Waals surface area contributed by atoms with Gasteiger partial charge >= 0.3 is 6.09 Å². The minimum absolute atomic E-state index is 0.164. The third kappa shape index (κ3) is 1.29. The van der Waals surface area contributed by atoms with Crippen molar-refractivity contribution < 1.29 is 20.1 Å². The van der Waals surface area contributed by atoms with Crippen molar-refractivity contribution in [3.8, 4) is 0 Å². The van der Waals surface area contributed by atoms with Gasteiger partial charge in [-0.3, -0.25) is 4.90 Å². The number of hydrogen-bond donors (Lipinski definition) is 3. The first-order chi connectivity index (χ1) is 5.20. The first kappa shape index (κ1) is 8.29. The maximum atomic E-state index is 10.4. The number of aliphatic hydroxyl groups is 2. The Balaban J connectivity index is 2.49. The smallest absolute Gasteiger partial charge is 0.407 e. The van der Waals surface area contributed by atoms with Crippen molar-refractivity contribution in [1.29, 1.82) is 0 Å². The molecule has 0 aliphatic carbocycles. The zero-order valence-corrected chi connectivity index (χ0v) is 5.97. The minimum Gasteiger partial charge on any atom is -0.465 e. The van der Waals surface area contributed by atoms with E-state index >= 15 is 0 Å². The van der Waals surface area contributed by atoms with E-state index in [9.17, 15) is 4.79 Å². The third-order valence-corrected chi connectivity index (χ3v) is 1.97. The van der Waals surface area contributed by atoms with E-state index in [1.807, 2.05) is 0 Å². The Labute approximate surface area is 63.9 Å². The van der Waals surface area contributed by atoms with E-state index in [4.69, 9.17) is 15.3 Å². The summed E-state index contributed by atoms with van der Waals surface area (Å²) in [7, 11) is 0. The van der Waals surface area contributed by atoms with Gasteiger partial charge in [0.2, 0.25) is 0 Å². The zero-order chi connectivity index (χ0) is 8.43. The highest BCUT2D eigenvalue weighted by Gasteiger charge is 2.40. The Morgan fingerprint density at radius 3 is 2.09 bits per heavy atom. The molecule has 0 spiro atoms. The summed E-state index contributed by atoms with van der Waals surface area (Å²) in [5, 5.41) is 25.8. The summed E-state index contributed by atoms with van der Waals surface area (Å²) in [5.41, 5.74) is 0. The second-order valence-electron chi connectivity index (χ2n) is 2.60. The lowest BCUT2D eigenvalue weighted by atomic mass is 9.95. The molecule has 1 fully saturated rings. The van der Waals surface area contributed by atoms with Gasteiger partial charge in [0.05, 0.1) is 25.3 Å². The highest BCUT2D eigenvalue weighted by molar-refractivity contribution is 5.67. The SMILES string of the molecule is O=C(O)N1C(CO)CC1CO. The summed E-state index contributed by atoms with van der Waals surface area (Å²) < 4.78 is 0. The average molecular weight is 161 g/mol. The van der Waals surface area contributed by atoms with Crippen LogP contribution in [0.15, 0.2) is 0 Å². The van der Waals surface area contributed by atoms with Crippen LogP contribution >= 0.6 is 0 Å². The summed E-state index contributed by atoms with van der Waals surface area (Å²) >= 11 is 0. The number of carbonyl (C=O) groups is 1. The summed E-state index contributed by atoms with van der Waals surface area (Å²) in [5.74, 6) is 0. The van der Waals surface area contributed by atoms with Gasteiger partial charge < -0.3 is 15.3 Å². The van der Waals surface area contributed by atoms with Gasteiger partial charge in [0.1, 0.15) is 0 Å². The number of hydrogen-bond acceptors (Lipinski definition) is 3. The van der Waals surface area contributed by atoms with E-state index in [0.29, 0.717) is 6.42 Å².